The summed E-state index contributed by atoms with van der Waals surface area (Å²) in [7, 11) is 0. The number of carbonyl (C=O) groups is 1. The summed E-state index contributed by atoms with van der Waals surface area (Å²) in [6, 6.07) is 28.7. The summed E-state index contributed by atoms with van der Waals surface area (Å²) in [5.74, 6) is -0.260. The lowest BCUT2D eigenvalue weighted by molar-refractivity contribution is -0.0581. The predicted octanol–water partition coefficient (Wildman–Crippen LogP) is 5.34. The lowest BCUT2D eigenvalue weighted by Crippen LogP contribution is -2.44. The number of hydrogen-bond acceptors (Lipinski definition) is 4. The van der Waals surface area contributed by atoms with E-state index in [1.165, 1.54) is 25.3 Å². The molecule has 4 nitrogen and oxygen atoms in total. The molecule has 0 aliphatic carbocycles. The fraction of sp³-hybridized carbons (Fsp3) is 0.103. The van der Waals surface area contributed by atoms with Crippen molar-refractivity contribution in [3.8, 4) is 0 Å². The highest BCUT2D eigenvalue weighted by Crippen LogP contribution is 2.27. The van der Waals surface area contributed by atoms with Crippen LogP contribution in [0.2, 0.25) is 0 Å². The van der Waals surface area contributed by atoms with E-state index in [2.05, 4.69) is 10.2 Å². The van der Waals surface area contributed by atoms with Crippen molar-refractivity contribution in [2.45, 2.75) is 19.6 Å². The van der Waals surface area contributed by atoms with Crippen molar-refractivity contribution in [3.63, 3.8) is 0 Å². The number of hydrogen-bond donors (Lipinski definition) is 1. The van der Waals surface area contributed by atoms with Crippen LogP contribution < -0.4 is 16.2 Å². The highest BCUT2D eigenvalue weighted by Gasteiger charge is 2.42. The maximum absolute atomic E-state index is 14.7. The third-order valence-corrected chi connectivity index (χ3v) is 5.74. The number of halogens is 3. The van der Waals surface area contributed by atoms with Gasteiger partial charge in [0.15, 0.2) is 5.78 Å². The molecule has 0 spiro atoms. The van der Waals surface area contributed by atoms with Crippen molar-refractivity contribution < 1.29 is 22.4 Å². The molecule has 0 bridgehead atoms. The monoisotopic (exact) mass is 500 g/mol. The maximum Gasteiger partial charge on any atom is 0.432 e. The fourth-order valence-electron chi connectivity index (χ4n) is 3.93. The van der Waals surface area contributed by atoms with Gasteiger partial charge in [0.25, 0.3) is 0 Å². The molecule has 0 atom stereocenters. The lowest BCUT2D eigenvalue weighted by atomic mass is 9.51. The van der Waals surface area contributed by atoms with Gasteiger partial charge < -0.3 is 14.6 Å². The van der Waals surface area contributed by atoms with Crippen LogP contribution in [0.1, 0.15) is 23.0 Å². The summed E-state index contributed by atoms with van der Waals surface area (Å²) in [6.07, 6.45) is -3.44. The first-order valence-corrected chi connectivity index (χ1v) is 11.7. The quantitative estimate of drug-likeness (QED) is 0.146. The van der Waals surface area contributed by atoms with Crippen molar-refractivity contribution in [1.82, 2.24) is 5.32 Å². The van der Waals surface area contributed by atoms with E-state index in [4.69, 9.17) is 4.42 Å². The average molecular weight is 500 g/mol. The van der Waals surface area contributed by atoms with Crippen molar-refractivity contribution >= 4 is 29.3 Å². The zero-order valence-electron chi connectivity index (χ0n) is 20.1. The molecule has 0 unspecified atom stereocenters. The largest absolute Gasteiger partial charge is 0.467 e. The first-order chi connectivity index (χ1) is 17.8. The SMILES string of the molecule is CC(NCc1ccco1)=C(C(=O)c1ccccc1)C(=NB(c1ccccc1)c1ccccc1)C(F)(F)F. The number of rotatable bonds is 9. The van der Waals surface area contributed by atoms with E-state index >= 15 is 0 Å². The van der Waals surface area contributed by atoms with E-state index in [0.717, 1.165) is 0 Å². The molecule has 8 heteroatoms. The molecule has 0 aliphatic rings. The summed E-state index contributed by atoms with van der Waals surface area (Å²) in [5.41, 5.74) is -0.470. The van der Waals surface area contributed by atoms with Gasteiger partial charge in [-0.25, -0.2) is 0 Å². The zero-order valence-corrected chi connectivity index (χ0v) is 20.1. The minimum atomic E-state index is -4.91. The van der Waals surface area contributed by atoms with E-state index in [9.17, 15) is 18.0 Å². The first-order valence-electron chi connectivity index (χ1n) is 11.7. The van der Waals surface area contributed by atoms with Gasteiger partial charge in [-0.2, -0.15) is 13.2 Å². The molecular formula is C29H24BF3N2O2. The standard InChI is InChI=1S/C29H24BF3N2O2/c1-21(34-20-25-18-11-19-37-25)26(27(36)22-12-5-2-6-13-22)28(29(31,32)33)35-30(23-14-7-3-8-15-23)24-16-9-4-10-17-24/h2-19,34H,20H2,1H3. The number of alkyl halides is 3. The summed E-state index contributed by atoms with van der Waals surface area (Å²) >= 11 is 0. The van der Waals surface area contributed by atoms with Crippen molar-refractivity contribution in [2.75, 3.05) is 0 Å². The number of benzene rings is 3. The topological polar surface area (TPSA) is 54.6 Å². The van der Waals surface area contributed by atoms with Gasteiger partial charge in [-0.05, 0) is 30.0 Å². The number of Topliss-reactive ketones (excluding diaryl/α,β-unsaturated/α-hetero) is 1. The Bertz CT molecular complexity index is 1330. The molecule has 1 N–H and O–H groups in total. The van der Waals surface area contributed by atoms with Gasteiger partial charge in [0.1, 0.15) is 11.5 Å². The minimum Gasteiger partial charge on any atom is -0.467 e. The van der Waals surface area contributed by atoms with Gasteiger partial charge in [0.05, 0.1) is 18.4 Å². The number of nitrogens with one attached hydrogen (secondary N) is 1. The Morgan fingerprint density at radius 2 is 1.38 bits per heavy atom. The summed E-state index contributed by atoms with van der Waals surface area (Å²) < 4.78 is 49.5. The Balaban J connectivity index is 1.90. The molecule has 4 aromatic rings. The number of allylic oxidation sites excluding steroid dienone is 2. The van der Waals surface area contributed by atoms with Crippen LogP contribution in [0.5, 0.6) is 0 Å². The van der Waals surface area contributed by atoms with E-state index in [1.54, 1.807) is 91.0 Å². The van der Waals surface area contributed by atoms with E-state index < -0.39 is 30.1 Å². The third kappa shape index (κ3) is 6.47. The zero-order chi connectivity index (χ0) is 26.3. The Morgan fingerprint density at radius 1 is 0.838 bits per heavy atom. The molecule has 37 heavy (non-hydrogen) atoms. The first kappa shape index (κ1) is 25.8. The van der Waals surface area contributed by atoms with Crippen LogP contribution in [0.3, 0.4) is 0 Å². The lowest BCUT2D eigenvalue weighted by Gasteiger charge is -2.20. The Kier molecular flexibility index (Phi) is 8.08. The summed E-state index contributed by atoms with van der Waals surface area (Å²) in [5, 5.41) is 2.93. The molecule has 186 valence electrons. The van der Waals surface area contributed by atoms with Gasteiger partial charge in [0.2, 0.25) is 0 Å². The minimum absolute atomic E-state index is 0.0428. The third-order valence-electron chi connectivity index (χ3n) is 5.74. The Labute approximate surface area is 213 Å². The highest BCUT2D eigenvalue weighted by molar-refractivity contribution is 6.84. The maximum atomic E-state index is 14.7. The van der Waals surface area contributed by atoms with Gasteiger partial charge in [-0.3, -0.25) is 4.79 Å². The average Bonchev–Trinajstić information content (AvgIpc) is 3.44. The second-order valence-corrected chi connectivity index (χ2v) is 8.33. The molecule has 0 saturated heterocycles. The predicted molar refractivity (Wildman–Crippen MR) is 140 cm³/mol. The van der Waals surface area contributed by atoms with Gasteiger partial charge in [-0.15, -0.1) is 0 Å². The van der Waals surface area contributed by atoms with Crippen LogP contribution >= 0.6 is 0 Å². The molecular weight excluding hydrogens is 476 g/mol. The molecule has 0 fully saturated rings. The normalized spacial score (nSPS) is 12.6. The van der Waals surface area contributed by atoms with Gasteiger partial charge in [0, 0.05) is 11.3 Å². The van der Waals surface area contributed by atoms with Crippen molar-refractivity contribution in [2.24, 2.45) is 4.90 Å². The van der Waals surface area contributed by atoms with Crippen LogP contribution in [0.4, 0.5) is 13.2 Å². The van der Waals surface area contributed by atoms with Crippen molar-refractivity contribution in [1.29, 1.82) is 0 Å². The molecule has 0 amide bonds. The summed E-state index contributed by atoms with van der Waals surface area (Å²) in [6.45, 7) is 0.576. The fourth-order valence-corrected chi connectivity index (χ4v) is 3.93. The number of ketones is 1. The molecule has 3 aromatic carbocycles. The van der Waals surface area contributed by atoms with Crippen LogP contribution in [-0.4, -0.2) is 24.5 Å². The van der Waals surface area contributed by atoms with E-state index in [-0.39, 0.29) is 17.8 Å². The molecule has 0 aliphatic heterocycles. The number of nitrogens with zero attached hydrogens (tertiary/aromatic N) is 1. The van der Waals surface area contributed by atoms with Crippen LogP contribution in [0.25, 0.3) is 0 Å². The van der Waals surface area contributed by atoms with Gasteiger partial charge in [-0.1, -0.05) is 91.0 Å². The molecule has 1 aromatic heterocycles. The number of carbonyl (C=O) groups excluding carboxylic acids is 1. The smallest absolute Gasteiger partial charge is 0.432 e. The van der Waals surface area contributed by atoms with E-state index in [0.29, 0.717) is 16.7 Å². The Morgan fingerprint density at radius 3 is 1.86 bits per heavy atom. The summed E-state index contributed by atoms with van der Waals surface area (Å²) in [4.78, 5) is 17.8. The second-order valence-electron chi connectivity index (χ2n) is 8.33. The number of furan rings is 1. The van der Waals surface area contributed by atoms with Crippen LogP contribution in [0, 0.1) is 0 Å². The Hall–Kier alpha value is -4.33. The van der Waals surface area contributed by atoms with Crippen LogP contribution in [-0.2, 0) is 6.54 Å². The second kappa shape index (κ2) is 11.6. The van der Waals surface area contributed by atoms with Crippen LogP contribution in [0.15, 0.2) is 130 Å². The molecule has 0 saturated carbocycles. The molecule has 0 radical (unpaired) electrons. The highest BCUT2D eigenvalue weighted by atomic mass is 19.4. The van der Waals surface area contributed by atoms with Gasteiger partial charge >= 0.3 is 13.0 Å². The van der Waals surface area contributed by atoms with Crippen molar-refractivity contribution in [3.05, 3.63) is 132 Å². The molecule has 1 heterocycles. The van der Waals surface area contributed by atoms with E-state index in [1.807, 2.05) is 0 Å². The molecule has 4 rings (SSSR count).